The fourth-order valence-corrected chi connectivity index (χ4v) is 1.82. The minimum Gasteiger partial charge on any atom is -0.479 e. The van der Waals surface area contributed by atoms with Gasteiger partial charge in [-0.25, -0.2) is 4.79 Å². The summed E-state index contributed by atoms with van der Waals surface area (Å²) in [5.41, 5.74) is 0.349. The van der Waals surface area contributed by atoms with E-state index < -0.39 is 24.0 Å². The summed E-state index contributed by atoms with van der Waals surface area (Å²) in [6, 6.07) is 7.93. The Balaban J connectivity index is 2.88. The van der Waals surface area contributed by atoms with Crippen LogP contribution < -0.4 is 10.1 Å². The van der Waals surface area contributed by atoms with Crippen LogP contribution in [-0.2, 0) is 14.3 Å². The lowest BCUT2D eigenvalue weighted by molar-refractivity contribution is -0.145. The van der Waals surface area contributed by atoms with Crippen LogP contribution >= 0.6 is 0 Å². The van der Waals surface area contributed by atoms with Crippen LogP contribution in [0.15, 0.2) is 24.3 Å². The Morgan fingerprint density at radius 3 is 2.41 bits per heavy atom. The monoisotopic (exact) mass is 304 g/mol. The first-order valence-electron chi connectivity index (χ1n) is 6.94. The number of benzene rings is 1. The summed E-state index contributed by atoms with van der Waals surface area (Å²) >= 11 is 0. The smallest absolute Gasteiger partial charge is 0.328 e. The van der Waals surface area contributed by atoms with Gasteiger partial charge in [-0.05, 0) is 25.0 Å². The summed E-state index contributed by atoms with van der Waals surface area (Å²) in [6.45, 7) is 5.18. The summed E-state index contributed by atoms with van der Waals surface area (Å²) in [5, 5.41) is 11.6. The highest BCUT2D eigenvalue weighted by atomic mass is 16.5. The first-order valence-corrected chi connectivity index (χ1v) is 6.94. The van der Waals surface area contributed by atoms with Crippen molar-refractivity contribution in [3.05, 3.63) is 29.8 Å². The molecule has 0 aliphatic heterocycles. The van der Waals surface area contributed by atoms with Gasteiger partial charge in [0, 0.05) is 0 Å². The average molecular weight is 304 g/mol. The van der Waals surface area contributed by atoms with Crippen molar-refractivity contribution in [3.8, 4) is 11.8 Å². The first kappa shape index (κ1) is 17.5. The number of nitriles is 1. The number of rotatable bonds is 6. The van der Waals surface area contributed by atoms with Gasteiger partial charge in [-0.1, -0.05) is 26.0 Å². The Labute approximate surface area is 130 Å². The van der Waals surface area contributed by atoms with Crippen molar-refractivity contribution in [1.82, 2.24) is 5.32 Å². The van der Waals surface area contributed by atoms with E-state index in [1.54, 1.807) is 24.3 Å². The molecule has 22 heavy (non-hydrogen) atoms. The molecule has 0 heterocycles. The Bertz CT molecular complexity index is 578. The highest BCUT2D eigenvalue weighted by Crippen LogP contribution is 2.20. The lowest BCUT2D eigenvalue weighted by Crippen LogP contribution is -2.48. The molecular formula is C16H20N2O4. The number of carbonyl (C=O) groups is 2. The van der Waals surface area contributed by atoms with Crippen LogP contribution in [0, 0.1) is 17.2 Å². The summed E-state index contributed by atoms with van der Waals surface area (Å²) in [6.07, 6.45) is -0.818. The molecule has 1 unspecified atom stereocenters. The molecule has 0 aromatic heterocycles. The van der Waals surface area contributed by atoms with E-state index in [4.69, 9.17) is 10.00 Å². The highest BCUT2D eigenvalue weighted by molar-refractivity contribution is 5.87. The molecule has 1 aromatic carbocycles. The molecule has 2 atom stereocenters. The molecule has 118 valence electrons. The van der Waals surface area contributed by atoms with Crippen molar-refractivity contribution in [1.29, 1.82) is 5.26 Å². The van der Waals surface area contributed by atoms with E-state index in [0.29, 0.717) is 11.3 Å². The second kappa shape index (κ2) is 8.03. The normalized spacial score (nSPS) is 12.9. The maximum absolute atomic E-state index is 12.3. The molecule has 1 rings (SSSR count). The third kappa shape index (κ3) is 4.48. The van der Waals surface area contributed by atoms with Gasteiger partial charge in [-0.2, -0.15) is 5.26 Å². The van der Waals surface area contributed by atoms with Gasteiger partial charge in [0.15, 0.2) is 6.10 Å². The molecule has 1 N–H and O–H groups in total. The maximum Gasteiger partial charge on any atom is 0.328 e. The Kier molecular flexibility index (Phi) is 6.39. The molecule has 0 saturated carbocycles. The molecule has 0 saturated heterocycles. The van der Waals surface area contributed by atoms with E-state index in [-0.39, 0.29) is 5.92 Å². The van der Waals surface area contributed by atoms with Crippen molar-refractivity contribution in [2.75, 3.05) is 7.11 Å². The number of para-hydroxylation sites is 1. The van der Waals surface area contributed by atoms with Gasteiger partial charge in [0.2, 0.25) is 0 Å². The number of carbonyl (C=O) groups excluding carboxylic acids is 2. The van der Waals surface area contributed by atoms with E-state index in [9.17, 15) is 9.59 Å². The Hall–Kier alpha value is -2.55. The third-order valence-electron chi connectivity index (χ3n) is 3.04. The van der Waals surface area contributed by atoms with Crippen LogP contribution in [0.5, 0.6) is 5.75 Å². The van der Waals surface area contributed by atoms with Crippen molar-refractivity contribution in [3.63, 3.8) is 0 Å². The number of nitrogens with zero attached hydrogens (tertiary/aromatic N) is 1. The van der Waals surface area contributed by atoms with Crippen molar-refractivity contribution in [2.45, 2.75) is 32.9 Å². The molecule has 0 bridgehead atoms. The molecule has 1 aromatic rings. The Morgan fingerprint density at radius 1 is 1.23 bits per heavy atom. The van der Waals surface area contributed by atoms with Crippen molar-refractivity contribution >= 4 is 11.9 Å². The van der Waals surface area contributed by atoms with Crippen LogP contribution in [0.2, 0.25) is 0 Å². The fraction of sp³-hybridized carbons (Fsp3) is 0.438. The van der Waals surface area contributed by atoms with Crippen LogP contribution in [-0.4, -0.2) is 31.1 Å². The topological polar surface area (TPSA) is 88.4 Å². The van der Waals surface area contributed by atoms with E-state index in [1.165, 1.54) is 14.0 Å². The van der Waals surface area contributed by atoms with E-state index in [1.807, 2.05) is 19.9 Å². The molecule has 0 spiro atoms. The molecule has 6 nitrogen and oxygen atoms in total. The zero-order valence-corrected chi connectivity index (χ0v) is 13.1. The van der Waals surface area contributed by atoms with Gasteiger partial charge in [-0.15, -0.1) is 0 Å². The number of ether oxygens (including phenoxy) is 2. The summed E-state index contributed by atoms with van der Waals surface area (Å²) in [5.74, 6) is -0.768. The fourth-order valence-electron chi connectivity index (χ4n) is 1.82. The molecular weight excluding hydrogens is 284 g/mol. The second-order valence-electron chi connectivity index (χ2n) is 5.14. The van der Waals surface area contributed by atoms with Gasteiger partial charge >= 0.3 is 5.97 Å². The quantitative estimate of drug-likeness (QED) is 0.807. The number of nitrogens with one attached hydrogen (secondary N) is 1. The first-order chi connectivity index (χ1) is 10.4. The van der Waals surface area contributed by atoms with Gasteiger partial charge in [0.1, 0.15) is 17.9 Å². The third-order valence-corrected chi connectivity index (χ3v) is 3.04. The molecule has 6 heteroatoms. The zero-order valence-electron chi connectivity index (χ0n) is 13.1. The van der Waals surface area contributed by atoms with Crippen molar-refractivity contribution < 1.29 is 19.1 Å². The number of esters is 1. The van der Waals surface area contributed by atoms with Gasteiger partial charge < -0.3 is 14.8 Å². The molecule has 1 amide bonds. The Morgan fingerprint density at radius 2 is 1.86 bits per heavy atom. The minimum absolute atomic E-state index is 0.142. The number of hydrogen-bond donors (Lipinski definition) is 1. The SMILES string of the molecule is COC(=O)[C@H](C)NC(=O)C(Oc1ccccc1C#N)C(C)C. The summed E-state index contributed by atoms with van der Waals surface area (Å²) in [4.78, 5) is 23.7. The predicted octanol–water partition coefficient (Wildman–Crippen LogP) is 1.64. The van der Waals surface area contributed by atoms with Crippen LogP contribution in [0.4, 0.5) is 0 Å². The zero-order chi connectivity index (χ0) is 16.7. The van der Waals surface area contributed by atoms with Crippen LogP contribution in [0.3, 0.4) is 0 Å². The number of amides is 1. The van der Waals surface area contributed by atoms with Crippen LogP contribution in [0.25, 0.3) is 0 Å². The standard InChI is InChI=1S/C16H20N2O4/c1-10(2)14(15(19)18-11(3)16(20)21-4)22-13-8-6-5-7-12(13)9-17/h5-8,10-11,14H,1-4H3,(H,18,19)/t11-,14?/m0/s1. The van der Waals surface area contributed by atoms with E-state index >= 15 is 0 Å². The van der Waals surface area contributed by atoms with Gasteiger partial charge in [0.05, 0.1) is 12.7 Å². The average Bonchev–Trinajstić information content (AvgIpc) is 2.51. The van der Waals surface area contributed by atoms with Crippen LogP contribution in [0.1, 0.15) is 26.3 Å². The molecule has 0 aliphatic rings. The largest absolute Gasteiger partial charge is 0.479 e. The summed E-state index contributed by atoms with van der Waals surface area (Å²) in [7, 11) is 1.25. The maximum atomic E-state index is 12.3. The second-order valence-corrected chi connectivity index (χ2v) is 5.14. The number of methoxy groups -OCH3 is 1. The van der Waals surface area contributed by atoms with Crippen molar-refractivity contribution in [2.24, 2.45) is 5.92 Å². The minimum atomic E-state index is -0.818. The molecule has 0 fully saturated rings. The van der Waals surface area contributed by atoms with Gasteiger partial charge in [0.25, 0.3) is 5.91 Å². The lowest BCUT2D eigenvalue weighted by Gasteiger charge is -2.23. The van der Waals surface area contributed by atoms with E-state index in [2.05, 4.69) is 10.1 Å². The molecule has 0 aliphatic carbocycles. The molecule has 0 radical (unpaired) electrons. The lowest BCUT2D eigenvalue weighted by atomic mass is 10.1. The highest BCUT2D eigenvalue weighted by Gasteiger charge is 2.28. The summed E-state index contributed by atoms with van der Waals surface area (Å²) < 4.78 is 10.3. The van der Waals surface area contributed by atoms with Gasteiger partial charge in [-0.3, -0.25) is 4.79 Å². The predicted molar refractivity (Wildman–Crippen MR) is 80.0 cm³/mol. The van der Waals surface area contributed by atoms with E-state index in [0.717, 1.165) is 0 Å². The number of hydrogen-bond acceptors (Lipinski definition) is 5.